The van der Waals surface area contributed by atoms with Gasteiger partial charge in [0.05, 0.1) is 12.1 Å². The van der Waals surface area contributed by atoms with E-state index < -0.39 is 30.3 Å². The first kappa shape index (κ1) is 18.4. The number of esters is 1. The second kappa shape index (κ2) is 8.79. The molecule has 0 aromatic heterocycles. The third kappa shape index (κ3) is 5.89. The van der Waals surface area contributed by atoms with E-state index in [1.54, 1.807) is 24.3 Å². The highest BCUT2D eigenvalue weighted by atomic mass is 35.5. The third-order valence-corrected chi connectivity index (χ3v) is 3.40. The van der Waals surface area contributed by atoms with E-state index in [1.165, 1.54) is 18.2 Å². The fraction of sp³-hybridized carbons (Fsp3) is 0.118. The molecular formula is C17H14ClFN2O4. The van der Waals surface area contributed by atoms with Crippen molar-refractivity contribution in [2.45, 2.75) is 6.42 Å². The van der Waals surface area contributed by atoms with Crippen molar-refractivity contribution in [1.29, 1.82) is 0 Å². The Morgan fingerprint density at radius 3 is 2.44 bits per heavy atom. The van der Waals surface area contributed by atoms with Gasteiger partial charge in [-0.2, -0.15) is 0 Å². The molecule has 2 aromatic carbocycles. The molecule has 0 saturated heterocycles. The number of urea groups is 1. The van der Waals surface area contributed by atoms with Crippen LogP contribution in [0.2, 0.25) is 5.02 Å². The molecule has 0 aliphatic rings. The van der Waals surface area contributed by atoms with Gasteiger partial charge in [-0.1, -0.05) is 41.9 Å². The number of ether oxygens (including phenoxy) is 1. The van der Waals surface area contributed by atoms with Crippen molar-refractivity contribution in [2.24, 2.45) is 0 Å². The Morgan fingerprint density at radius 1 is 1.04 bits per heavy atom. The van der Waals surface area contributed by atoms with E-state index in [0.717, 1.165) is 6.07 Å². The molecule has 0 spiro atoms. The summed E-state index contributed by atoms with van der Waals surface area (Å²) in [4.78, 5) is 34.9. The molecule has 0 radical (unpaired) electrons. The van der Waals surface area contributed by atoms with Gasteiger partial charge in [-0.05, 0) is 23.8 Å². The van der Waals surface area contributed by atoms with E-state index in [0.29, 0.717) is 10.6 Å². The molecule has 2 rings (SSSR count). The van der Waals surface area contributed by atoms with E-state index in [-0.39, 0.29) is 12.1 Å². The number of anilines is 1. The molecule has 3 amide bonds. The molecule has 0 heterocycles. The number of amides is 3. The zero-order chi connectivity index (χ0) is 18.2. The van der Waals surface area contributed by atoms with Gasteiger partial charge in [-0.15, -0.1) is 0 Å². The Kier molecular flexibility index (Phi) is 6.47. The lowest BCUT2D eigenvalue weighted by molar-refractivity contribution is -0.147. The summed E-state index contributed by atoms with van der Waals surface area (Å²) < 4.78 is 18.1. The van der Waals surface area contributed by atoms with Crippen molar-refractivity contribution in [3.8, 4) is 0 Å². The zero-order valence-corrected chi connectivity index (χ0v) is 13.7. The molecule has 2 aromatic rings. The van der Waals surface area contributed by atoms with Gasteiger partial charge in [-0.3, -0.25) is 14.9 Å². The second-order valence-corrected chi connectivity index (χ2v) is 5.32. The Hall–Kier alpha value is -2.93. The van der Waals surface area contributed by atoms with Crippen molar-refractivity contribution < 1.29 is 23.5 Å². The van der Waals surface area contributed by atoms with Crippen LogP contribution >= 0.6 is 11.6 Å². The molecule has 0 aliphatic heterocycles. The quantitative estimate of drug-likeness (QED) is 0.799. The predicted molar refractivity (Wildman–Crippen MR) is 89.7 cm³/mol. The number of hydrogen-bond donors (Lipinski definition) is 2. The van der Waals surface area contributed by atoms with Crippen molar-refractivity contribution in [3.05, 3.63) is 64.9 Å². The monoisotopic (exact) mass is 364 g/mol. The first-order valence-electron chi connectivity index (χ1n) is 7.20. The fourth-order valence-electron chi connectivity index (χ4n) is 1.87. The van der Waals surface area contributed by atoms with Gasteiger partial charge in [-0.25, -0.2) is 9.18 Å². The summed E-state index contributed by atoms with van der Waals surface area (Å²) in [6.45, 7) is -0.645. The average molecular weight is 365 g/mol. The van der Waals surface area contributed by atoms with E-state index in [4.69, 9.17) is 16.3 Å². The second-order valence-electron chi connectivity index (χ2n) is 4.91. The summed E-state index contributed by atoms with van der Waals surface area (Å²) in [7, 11) is 0. The summed E-state index contributed by atoms with van der Waals surface area (Å²) >= 11 is 5.92. The Morgan fingerprint density at radius 2 is 1.72 bits per heavy atom. The number of rotatable bonds is 5. The molecule has 0 fully saturated rings. The lowest BCUT2D eigenvalue weighted by Crippen LogP contribution is -2.37. The number of para-hydroxylation sites is 1. The maximum absolute atomic E-state index is 13.4. The lowest BCUT2D eigenvalue weighted by atomic mass is 10.1. The summed E-state index contributed by atoms with van der Waals surface area (Å²) in [6, 6.07) is 11.3. The number of halogens is 2. The summed E-state index contributed by atoms with van der Waals surface area (Å²) in [5, 5.41) is 4.51. The average Bonchev–Trinajstić information content (AvgIpc) is 2.57. The van der Waals surface area contributed by atoms with Gasteiger partial charge in [0, 0.05) is 5.02 Å². The van der Waals surface area contributed by atoms with Crippen molar-refractivity contribution >= 4 is 35.2 Å². The van der Waals surface area contributed by atoms with E-state index in [2.05, 4.69) is 5.32 Å². The van der Waals surface area contributed by atoms with Crippen LogP contribution in [0.3, 0.4) is 0 Å². The Labute approximate surface area is 147 Å². The first-order chi connectivity index (χ1) is 12.0. The molecule has 0 atom stereocenters. The number of imide groups is 1. The van der Waals surface area contributed by atoms with Gasteiger partial charge in [0.1, 0.15) is 5.82 Å². The minimum Gasteiger partial charge on any atom is -0.455 e. The Balaban J connectivity index is 1.76. The highest BCUT2D eigenvalue weighted by Gasteiger charge is 2.13. The normalized spacial score (nSPS) is 10.0. The smallest absolute Gasteiger partial charge is 0.326 e. The molecule has 0 saturated carbocycles. The molecule has 8 heteroatoms. The maximum atomic E-state index is 13.4. The zero-order valence-electron chi connectivity index (χ0n) is 12.9. The largest absolute Gasteiger partial charge is 0.455 e. The highest BCUT2D eigenvalue weighted by Crippen LogP contribution is 2.15. The fourth-order valence-corrected chi connectivity index (χ4v) is 2.08. The van der Waals surface area contributed by atoms with Crippen LogP contribution < -0.4 is 10.6 Å². The van der Waals surface area contributed by atoms with E-state index >= 15 is 0 Å². The molecule has 0 bridgehead atoms. The molecular weight excluding hydrogens is 351 g/mol. The van der Waals surface area contributed by atoms with Crippen LogP contribution in [-0.4, -0.2) is 24.5 Å². The van der Waals surface area contributed by atoms with E-state index in [9.17, 15) is 18.8 Å². The van der Waals surface area contributed by atoms with Crippen LogP contribution in [0, 0.1) is 5.82 Å². The number of carbonyl (C=O) groups is 3. The number of benzene rings is 2. The molecule has 130 valence electrons. The van der Waals surface area contributed by atoms with Crippen molar-refractivity contribution in [1.82, 2.24) is 5.32 Å². The lowest BCUT2D eigenvalue weighted by Gasteiger charge is -2.08. The molecule has 2 N–H and O–H groups in total. The predicted octanol–water partition coefficient (Wildman–Crippen LogP) is 2.91. The first-order valence-corrected chi connectivity index (χ1v) is 7.58. The summed E-state index contributed by atoms with van der Waals surface area (Å²) in [5.74, 6) is -2.16. The van der Waals surface area contributed by atoms with Crippen molar-refractivity contribution in [2.75, 3.05) is 11.9 Å². The minimum absolute atomic E-state index is 0.0801. The topological polar surface area (TPSA) is 84.5 Å². The maximum Gasteiger partial charge on any atom is 0.326 e. The number of carbonyl (C=O) groups excluding carboxylic acids is 3. The number of hydrogen-bond acceptors (Lipinski definition) is 4. The highest BCUT2D eigenvalue weighted by molar-refractivity contribution is 6.31. The Bertz CT molecular complexity index is 798. The number of nitrogens with one attached hydrogen (secondary N) is 2. The van der Waals surface area contributed by atoms with Crippen LogP contribution in [0.15, 0.2) is 48.5 Å². The molecule has 25 heavy (non-hydrogen) atoms. The van der Waals surface area contributed by atoms with Crippen LogP contribution in [-0.2, 0) is 20.7 Å². The van der Waals surface area contributed by atoms with Crippen LogP contribution in [0.1, 0.15) is 5.56 Å². The van der Waals surface area contributed by atoms with Crippen molar-refractivity contribution in [3.63, 3.8) is 0 Å². The van der Waals surface area contributed by atoms with Crippen LogP contribution in [0.25, 0.3) is 0 Å². The minimum atomic E-state index is -0.933. The van der Waals surface area contributed by atoms with E-state index in [1.807, 2.05) is 5.32 Å². The van der Waals surface area contributed by atoms with Crippen LogP contribution in [0.4, 0.5) is 14.9 Å². The van der Waals surface area contributed by atoms with Gasteiger partial charge in [0.2, 0.25) is 0 Å². The van der Waals surface area contributed by atoms with Crippen LogP contribution in [0.5, 0.6) is 0 Å². The van der Waals surface area contributed by atoms with Gasteiger partial charge < -0.3 is 10.1 Å². The summed E-state index contributed by atoms with van der Waals surface area (Å²) in [6.07, 6.45) is -0.103. The van der Waals surface area contributed by atoms with Gasteiger partial charge >= 0.3 is 12.0 Å². The SMILES string of the molecule is O=C(COC(=O)Cc1ccccc1Cl)NC(=O)Nc1ccccc1F. The van der Waals surface area contributed by atoms with Gasteiger partial charge in [0.15, 0.2) is 6.61 Å². The van der Waals surface area contributed by atoms with Gasteiger partial charge in [0.25, 0.3) is 5.91 Å². The molecule has 0 aliphatic carbocycles. The molecule has 6 nitrogen and oxygen atoms in total. The molecule has 0 unspecified atom stereocenters. The summed E-state index contributed by atoms with van der Waals surface area (Å²) in [5.41, 5.74) is 0.482. The standard InChI is InChI=1S/C17H14ClFN2O4/c18-12-6-2-1-5-11(12)9-16(23)25-10-15(22)21-17(24)20-14-8-4-3-7-13(14)19/h1-8H,9-10H2,(H2,20,21,22,24). The third-order valence-electron chi connectivity index (χ3n) is 3.03.